The van der Waals surface area contributed by atoms with Crippen LogP contribution >= 0.6 is 20.1 Å². The third kappa shape index (κ3) is 10.6. The zero-order valence-corrected chi connectivity index (χ0v) is 31.6. The summed E-state index contributed by atoms with van der Waals surface area (Å²) in [5.41, 5.74) is 7.12. The van der Waals surface area contributed by atoms with Crippen molar-refractivity contribution in [1.82, 2.24) is 4.67 Å². The molecule has 10 heteroatoms. The van der Waals surface area contributed by atoms with Crippen LogP contribution in [-0.4, -0.2) is 42.2 Å². The number of nitrogens with one attached hydrogen (secondary N) is 1. The SMILES string of the molecule is CN(C)P(OCc1ccccc1)OCc1ccccc1.Cc1ccccc1C(=O)Nc1ccc(C(=O)N2CCCC(O)c3cc(Cl)ccc32)c(C)c1. The lowest BCUT2D eigenvalue weighted by Crippen LogP contribution is -2.32. The van der Waals surface area contributed by atoms with E-state index in [0.717, 1.165) is 22.3 Å². The maximum absolute atomic E-state index is 13.5. The van der Waals surface area contributed by atoms with Gasteiger partial charge in [0.15, 0.2) is 0 Å². The molecule has 0 spiro atoms. The van der Waals surface area contributed by atoms with Crippen LogP contribution in [0.25, 0.3) is 0 Å². The lowest BCUT2D eigenvalue weighted by atomic mass is 10.0. The van der Waals surface area contributed by atoms with Gasteiger partial charge in [0.05, 0.1) is 19.3 Å². The van der Waals surface area contributed by atoms with Crippen LogP contribution in [0.5, 0.6) is 0 Å². The molecule has 1 heterocycles. The first-order chi connectivity index (χ1) is 25.1. The third-order valence-electron chi connectivity index (χ3n) is 8.54. The standard InChI is InChI=1S/C26H25ClN2O3.C16H20NO2P/c1-16-6-3-4-7-20(16)25(31)28-19-10-11-21(17(2)14-19)26(32)29-13-5-8-24(30)22-15-18(27)9-12-23(22)29;1-17(2)20(18-13-15-9-5-3-6-10-15)19-14-16-11-7-4-8-12-16/h3-4,6-7,9-12,14-15,24,30H,5,8,13H2,1-2H3,(H,28,31);3-12H,13-14H2,1-2H3. The van der Waals surface area contributed by atoms with Gasteiger partial charge in [-0.1, -0.05) is 90.5 Å². The van der Waals surface area contributed by atoms with Crippen LogP contribution in [0.15, 0.2) is 121 Å². The highest BCUT2D eigenvalue weighted by atomic mass is 35.5. The Kier molecular flexibility index (Phi) is 14.1. The Balaban J connectivity index is 0.000000225. The Morgan fingerprint density at radius 3 is 2.02 bits per heavy atom. The summed E-state index contributed by atoms with van der Waals surface area (Å²) in [6.45, 7) is 5.39. The van der Waals surface area contributed by atoms with Crippen molar-refractivity contribution in [3.63, 3.8) is 0 Å². The van der Waals surface area contributed by atoms with Gasteiger partial charge in [0.1, 0.15) is 0 Å². The second-order valence-electron chi connectivity index (χ2n) is 12.7. The Labute approximate surface area is 312 Å². The van der Waals surface area contributed by atoms with Crippen LogP contribution in [0.2, 0.25) is 5.02 Å². The fraction of sp³-hybridized carbons (Fsp3) is 0.238. The van der Waals surface area contributed by atoms with E-state index in [9.17, 15) is 14.7 Å². The minimum atomic E-state index is -1.03. The molecule has 2 N–H and O–H groups in total. The minimum Gasteiger partial charge on any atom is -0.388 e. The van der Waals surface area contributed by atoms with E-state index in [-0.39, 0.29) is 11.8 Å². The molecular weight excluding hydrogens is 693 g/mol. The summed E-state index contributed by atoms with van der Waals surface area (Å²) in [4.78, 5) is 27.8. The average molecular weight is 738 g/mol. The van der Waals surface area contributed by atoms with Crippen molar-refractivity contribution >= 4 is 43.3 Å². The summed E-state index contributed by atoms with van der Waals surface area (Å²) in [7, 11) is 2.91. The number of hydrogen-bond donors (Lipinski definition) is 2. The van der Waals surface area contributed by atoms with Crippen molar-refractivity contribution in [2.45, 2.75) is 46.0 Å². The van der Waals surface area contributed by atoms with E-state index in [1.165, 1.54) is 0 Å². The topological polar surface area (TPSA) is 91.3 Å². The van der Waals surface area contributed by atoms with E-state index in [4.69, 9.17) is 20.6 Å². The molecule has 0 radical (unpaired) electrons. The number of carbonyl (C=O) groups is 2. The van der Waals surface area contributed by atoms with Crippen LogP contribution in [0.3, 0.4) is 0 Å². The molecule has 1 aliphatic rings. The quantitative estimate of drug-likeness (QED) is 0.139. The smallest absolute Gasteiger partial charge is 0.258 e. The molecule has 0 bridgehead atoms. The van der Waals surface area contributed by atoms with Gasteiger partial charge in [-0.25, -0.2) is 4.67 Å². The molecule has 0 aromatic heterocycles. The molecule has 5 aromatic carbocycles. The number of amides is 2. The number of hydrogen-bond acceptors (Lipinski definition) is 6. The van der Waals surface area contributed by atoms with Gasteiger partial charge in [-0.15, -0.1) is 0 Å². The first-order valence-electron chi connectivity index (χ1n) is 17.2. The first-order valence-corrected chi connectivity index (χ1v) is 18.7. The number of benzene rings is 5. The van der Waals surface area contributed by atoms with E-state index in [1.807, 2.05) is 87.2 Å². The van der Waals surface area contributed by atoms with Crippen molar-refractivity contribution in [3.05, 3.63) is 165 Å². The highest BCUT2D eigenvalue weighted by Gasteiger charge is 2.27. The molecule has 270 valence electrons. The van der Waals surface area contributed by atoms with Crippen molar-refractivity contribution in [2.75, 3.05) is 30.9 Å². The second kappa shape index (κ2) is 18.9. The molecule has 2 amide bonds. The van der Waals surface area contributed by atoms with Crippen molar-refractivity contribution in [1.29, 1.82) is 0 Å². The van der Waals surface area contributed by atoms with Crippen LogP contribution in [-0.2, 0) is 22.3 Å². The van der Waals surface area contributed by atoms with Gasteiger partial charge in [-0.3, -0.25) is 9.59 Å². The molecule has 1 atom stereocenters. The predicted octanol–water partition coefficient (Wildman–Crippen LogP) is 9.89. The molecule has 1 unspecified atom stereocenters. The van der Waals surface area contributed by atoms with Gasteiger partial charge in [-0.05, 0) is 106 Å². The normalized spacial score (nSPS) is 13.9. The molecule has 1 aliphatic heterocycles. The van der Waals surface area contributed by atoms with Crippen LogP contribution in [0, 0.1) is 13.8 Å². The molecule has 52 heavy (non-hydrogen) atoms. The van der Waals surface area contributed by atoms with Gasteiger partial charge >= 0.3 is 0 Å². The molecule has 0 fully saturated rings. The summed E-state index contributed by atoms with van der Waals surface area (Å²) < 4.78 is 13.7. The number of aliphatic hydroxyl groups excluding tert-OH is 1. The van der Waals surface area contributed by atoms with Gasteiger partial charge in [-0.2, -0.15) is 0 Å². The Morgan fingerprint density at radius 2 is 1.42 bits per heavy atom. The predicted molar refractivity (Wildman–Crippen MR) is 211 cm³/mol. The van der Waals surface area contributed by atoms with Gasteiger partial charge in [0.2, 0.25) is 0 Å². The summed E-state index contributed by atoms with van der Waals surface area (Å²) in [6.07, 6.45) is 0.602. The maximum atomic E-state index is 13.5. The Hall–Kier alpha value is -4.40. The number of nitrogens with zero attached hydrogens (tertiary/aromatic N) is 2. The van der Waals surface area contributed by atoms with E-state index < -0.39 is 14.6 Å². The summed E-state index contributed by atoms with van der Waals surface area (Å²) in [5.74, 6) is -0.328. The van der Waals surface area contributed by atoms with Crippen molar-refractivity contribution in [3.8, 4) is 0 Å². The Morgan fingerprint density at radius 1 is 0.808 bits per heavy atom. The van der Waals surface area contributed by atoms with Crippen LogP contribution < -0.4 is 10.2 Å². The van der Waals surface area contributed by atoms with Gasteiger partial charge in [0, 0.05) is 39.6 Å². The largest absolute Gasteiger partial charge is 0.388 e. The van der Waals surface area contributed by atoms with Gasteiger partial charge in [0.25, 0.3) is 20.3 Å². The molecule has 0 saturated heterocycles. The number of anilines is 2. The van der Waals surface area contributed by atoms with Crippen molar-refractivity contribution < 1.29 is 23.7 Å². The van der Waals surface area contributed by atoms with Crippen LogP contribution in [0.4, 0.5) is 11.4 Å². The number of aliphatic hydroxyl groups is 1. The van der Waals surface area contributed by atoms with E-state index >= 15 is 0 Å². The molecule has 6 rings (SSSR count). The monoisotopic (exact) mass is 737 g/mol. The summed E-state index contributed by atoms with van der Waals surface area (Å²) in [6, 6.07) is 38.2. The zero-order valence-electron chi connectivity index (χ0n) is 30.0. The third-order valence-corrected chi connectivity index (χ3v) is 10.1. The average Bonchev–Trinajstić information content (AvgIpc) is 3.30. The fourth-order valence-corrected chi connectivity index (χ4v) is 7.03. The number of carbonyl (C=O) groups excluding carboxylic acids is 2. The summed E-state index contributed by atoms with van der Waals surface area (Å²) >= 11 is 6.13. The number of fused-ring (bicyclic) bond motifs is 1. The minimum absolute atomic E-state index is 0.142. The van der Waals surface area contributed by atoms with Crippen LogP contribution in [0.1, 0.15) is 67.5 Å². The van der Waals surface area contributed by atoms with Crippen molar-refractivity contribution in [2.24, 2.45) is 0 Å². The second-order valence-corrected chi connectivity index (χ2v) is 14.9. The maximum Gasteiger partial charge on any atom is 0.258 e. The number of halogens is 1. The Bertz CT molecular complexity index is 1900. The van der Waals surface area contributed by atoms with E-state index in [1.54, 1.807) is 47.4 Å². The summed E-state index contributed by atoms with van der Waals surface area (Å²) in [5, 5.41) is 13.9. The highest BCUT2D eigenvalue weighted by Crippen LogP contribution is 2.42. The number of aryl methyl sites for hydroxylation is 2. The first kappa shape index (κ1) is 38.8. The fourth-order valence-electron chi connectivity index (χ4n) is 5.80. The molecule has 5 aromatic rings. The van der Waals surface area contributed by atoms with E-state index in [0.29, 0.717) is 65.7 Å². The molecular formula is C42H45ClN3O5P. The molecule has 0 saturated carbocycles. The van der Waals surface area contributed by atoms with Gasteiger partial charge < -0.3 is 24.4 Å². The molecule has 8 nitrogen and oxygen atoms in total. The number of rotatable bonds is 10. The highest BCUT2D eigenvalue weighted by molar-refractivity contribution is 7.44. The molecule has 0 aliphatic carbocycles. The lowest BCUT2D eigenvalue weighted by molar-refractivity contribution is 0.0985. The lowest BCUT2D eigenvalue weighted by Gasteiger charge is -2.24. The zero-order chi connectivity index (χ0) is 37.0. The van der Waals surface area contributed by atoms with E-state index in [2.05, 4.69) is 29.6 Å².